The summed E-state index contributed by atoms with van der Waals surface area (Å²) in [5.41, 5.74) is 6.69. The molecule has 0 radical (unpaired) electrons. The Morgan fingerprint density at radius 2 is 1.88 bits per heavy atom. The van der Waals surface area contributed by atoms with Crippen LogP contribution in [0.25, 0.3) is 10.8 Å². The maximum atomic E-state index is 8.42. The van der Waals surface area contributed by atoms with Gasteiger partial charge in [0.2, 0.25) is 0 Å². The third-order valence-corrected chi connectivity index (χ3v) is 2.42. The SMILES string of the molecule is N#CCOc1ccc2cc(CN)ccc2c1. The predicted octanol–water partition coefficient (Wildman–Crippen LogP) is 2.20. The molecule has 0 aliphatic rings. The smallest absolute Gasteiger partial charge is 0.174 e. The van der Waals surface area contributed by atoms with Crippen LogP contribution in [0.1, 0.15) is 5.56 Å². The maximum absolute atomic E-state index is 8.42. The molecule has 0 atom stereocenters. The van der Waals surface area contributed by atoms with Gasteiger partial charge in [-0.25, -0.2) is 0 Å². The maximum Gasteiger partial charge on any atom is 0.174 e. The highest BCUT2D eigenvalue weighted by molar-refractivity contribution is 5.84. The largest absolute Gasteiger partial charge is 0.479 e. The molecule has 0 fully saturated rings. The second-order valence-corrected chi connectivity index (χ2v) is 3.49. The molecule has 0 heterocycles. The van der Waals surface area contributed by atoms with Crippen molar-refractivity contribution >= 4 is 10.8 Å². The van der Waals surface area contributed by atoms with Gasteiger partial charge in [-0.05, 0) is 34.5 Å². The minimum Gasteiger partial charge on any atom is -0.479 e. The highest BCUT2D eigenvalue weighted by atomic mass is 16.5. The molecule has 3 heteroatoms. The topological polar surface area (TPSA) is 59.0 Å². The van der Waals surface area contributed by atoms with Crippen molar-refractivity contribution in [2.75, 3.05) is 6.61 Å². The molecule has 16 heavy (non-hydrogen) atoms. The summed E-state index contributed by atoms with van der Waals surface area (Å²) < 4.78 is 5.23. The van der Waals surface area contributed by atoms with Crippen LogP contribution in [0.3, 0.4) is 0 Å². The van der Waals surface area contributed by atoms with E-state index in [1.165, 1.54) is 0 Å². The summed E-state index contributed by atoms with van der Waals surface area (Å²) in [6.07, 6.45) is 0. The van der Waals surface area contributed by atoms with Crippen molar-refractivity contribution in [2.45, 2.75) is 6.54 Å². The second-order valence-electron chi connectivity index (χ2n) is 3.49. The van der Waals surface area contributed by atoms with Gasteiger partial charge in [0.15, 0.2) is 6.61 Å². The zero-order valence-corrected chi connectivity index (χ0v) is 8.81. The van der Waals surface area contributed by atoms with E-state index in [9.17, 15) is 0 Å². The van der Waals surface area contributed by atoms with Crippen LogP contribution in [0.2, 0.25) is 0 Å². The number of hydrogen-bond donors (Lipinski definition) is 1. The molecule has 0 bridgehead atoms. The van der Waals surface area contributed by atoms with Crippen molar-refractivity contribution in [3.63, 3.8) is 0 Å². The van der Waals surface area contributed by atoms with Gasteiger partial charge in [0.05, 0.1) is 0 Å². The van der Waals surface area contributed by atoms with Gasteiger partial charge in [-0.15, -0.1) is 0 Å². The van der Waals surface area contributed by atoms with Crippen LogP contribution < -0.4 is 10.5 Å². The first-order chi connectivity index (χ1) is 7.83. The van der Waals surface area contributed by atoms with Crippen LogP contribution in [0.15, 0.2) is 36.4 Å². The molecule has 0 amide bonds. The Bertz CT molecular complexity index is 543. The van der Waals surface area contributed by atoms with E-state index in [0.717, 1.165) is 22.1 Å². The van der Waals surface area contributed by atoms with Crippen molar-refractivity contribution in [3.05, 3.63) is 42.0 Å². The van der Waals surface area contributed by atoms with E-state index >= 15 is 0 Å². The first-order valence-electron chi connectivity index (χ1n) is 5.06. The lowest BCUT2D eigenvalue weighted by molar-refractivity contribution is 0.368. The van der Waals surface area contributed by atoms with Gasteiger partial charge in [0.25, 0.3) is 0 Å². The summed E-state index contributed by atoms with van der Waals surface area (Å²) in [4.78, 5) is 0. The fraction of sp³-hybridized carbons (Fsp3) is 0.154. The van der Waals surface area contributed by atoms with Crippen LogP contribution >= 0.6 is 0 Å². The van der Waals surface area contributed by atoms with Crippen LogP contribution in [0, 0.1) is 11.3 Å². The number of benzene rings is 2. The highest BCUT2D eigenvalue weighted by Gasteiger charge is 1.98. The Balaban J connectivity index is 2.36. The van der Waals surface area contributed by atoms with Crippen molar-refractivity contribution in [1.82, 2.24) is 0 Å². The fourth-order valence-electron chi connectivity index (χ4n) is 1.61. The number of rotatable bonds is 3. The third kappa shape index (κ3) is 2.13. The van der Waals surface area contributed by atoms with E-state index in [2.05, 4.69) is 6.07 Å². The lowest BCUT2D eigenvalue weighted by Crippen LogP contribution is -1.96. The molecular formula is C13H12N2O. The van der Waals surface area contributed by atoms with E-state index in [1.54, 1.807) is 0 Å². The molecule has 2 N–H and O–H groups in total. The van der Waals surface area contributed by atoms with E-state index in [1.807, 2.05) is 36.4 Å². The van der Waals surface area contributed by atoms with Crippen molar-refractivity contribution < 1.29 is 4.74 Å². The van der Waals surface area contributed by atoms with Gasteiger partial charge < -0.3 is 10.5 Å². The van der Waals surface area contributed by atoms with Crippen LogP contribution in [-0.4, -0.2) is 6.61 Å². The highest BCUT2D eigenvalue weighted by Crippen LogP contribution is 2.21. The first kappa shape index (κ1) is 10.5. The second kappa shape index (κ2) is 4.65. The van der Waals surface area contributed by atoms with Gasteiger partial charge in [-0.2, -0.15) is 5.26 Å². The quantitative estimate of drug-likeness (QED) is 0.848. The van der Waals surface area contributed by atoms with E-state index < -0.39 is 0 Å². The average Bonchev–Trinajstić information content (AvgIpc) is 2.35. The Kier molecular flexibility index (Phi) is 3.04. The van der Waals surface area contributed by atoms with Gasteiger partial charge in [0, 0.05) is 6.54 Å². The zero-order valence-electron chi connectivity index (χ0n) is 8.81. The lowest BCUT2D eigenvalue weighted by Gasteiger charge is -2.05. The van der Waals surface area contributed by atoms with Crippen LogP contribution in [-0.2, 0) is 6.54 Å². The van der Waals surface area contributed by atoms with Crippen LogP contribution in [0.4, 0.5) is 0 Å². The number of nitriles is 1. The van der Waals surface area contributed by atoms with Crippen molar-refractivity contribution in [3.8, 4) is 11.8 Å². The standard InChI is InChI=1S/C13H12N2O/c14-5-6-16-13-4-3-11-7-10(9-15)1-2-12(11)8-13/h1-4,7-8H,6,9,15H2. The lowest BCUT2D eigenvalue weighted by atomic mass is 10.1. The first-order valence-corrected chi connectivity index (χ1v) is 5.06. The average molecular weight is 212 g/mol. The van der Waals surface area contributed by atoms with E-state index in [4.69, 9.17) is 15.7 Å². The summed E-state index contributed by atoms with van der Waals surface area (Å²) in [5, 5.41) is 10.6. The number of nitrogens with two attached hydrogens (primary N) is 1. The Labute approximate surface area is 94.1 Å². The van der Waals surface area contributed by atoms with Crippen molar-refractivity contribution in [1.29, 1.82) is 5.26 Å². The molecule has 0 unspecified atom stereocenters. The minimum atomic E-state index is 0.0758. The Hall–Kier alpha value is -2.05. The normalized spacial score (nSPS) is 10.0. The Morgan fingerprint density at radius 1 is 1.12 bits per heavy atom. The number of fused-ring (bicyclic) bond motifs is 1. The van der Waals surface area contributed by atoms with E-state index in [0.29, 0.717) is 6.54 Å². The van der Waals surface area contributed by atoms with E-state index in [-0.39, 0.29) is 6.61 Å². The molecule has 2 aromatic rings. The molecule has 0 spiro atoms. The summed E-state index contributed by atoms with van der Waals surface area (Å²) in [7, 11) is 0. The van der Waals surface area contributed by atoms with Gasteiger partial charge in [0.1, 0.15) is 11.8 Å². The summed E-state index contributed by atoms with van der Waals surface area (Å²) in [6, 6.07) is 13.8. The molecule has 0 saturated heterocycles. The third-order valence-electron chi connectivity index (χ3n) is 2.42. The molecule has 0 aliphatic carbocycles. The Morgan fingerprint density at radius 3 is 2.62 bits per heavy atom. The van der Waals surface area contributed by atoms with Gasteiger partial charge in [-0.3, -0.25) is 0 Å². The van der Waals surface area contributed by atoms with Gasteiger partial charge in [-0.1, -0.05) is 18.2 Å². The van der Waals surface area contributed by atoms with Crippen LogP contribution in [0.5, 0.6) is 5.75 Å². The molecule has 2 rings (SSSR count). The van der Waals surface area contributed by atoms with Gasteiger partial charge >= 0.3 is 0 Å². The fourth-order valence-corrected chi connectivity index (χ4v) is 1.61. The minimum absolute atomic E-state index is 0.0758. The number of ether oxygens (including phenoxy) is 1. The molecule has 0 aliphatic heterocycles. The number of hydrogen-bond acceptors (Lipinski definition) is 3. The zero-order chi connectivity index (χ0) is 11.4. The number of nitrogens with zero attached hydrogens (tertiary/aromatic N) is 1. The molecule has 2 aromatic carbocycles. The molecular weight excluding hydrogens is 200 g/mol. The molecule has 3 nitrogen and oxygen atoms in total. The van der Waals surface area contributed by atoms with Crippen molar-refractivity contribution in [2.24, 2.45) is 5.73 Å². The summed E-state index contributed by atoms with van der Waals surface area (Å²) in [6.45, 7) is 0.620. The monoisotopic (exact) mass is 212 g/mol. The molecule has 0 saturated carbocycles. The predicted molar refractivity (Wildman–Crippen MR) is 62.9 cm³/mol. The molecule has 0 aromatic heterocycles. The summed E-state index contributed by atoms with van der Waals surface area (Å²) >= 11 is 0. The molecule has 80 valence electrons. The summed E-state index contributed by atoms with van der Waals surface area (Å²) in [5.74, 6) is 0.717.